The van der Waals surface area contributed by atoms with Crippen LogP contribution in [0.25, 0.3) is 0 Å². The Morgan fingerprint density at radius 1 is 0.765 bits per heavy atom. The van der Waals surface area contributed by atoms with Crippen molar-refractivity contribution in [3.05, 3.63) is 36.5 Å². The first-order valence-electron chi connectivity index (χ1n) is 13.4. The molecule has 5 nitrogen and oxygen atoms in total. The predicted octanol–water partition coefficient (Wildman–Crippen LogP) is 5.89. The summed E-state index contributed by atoms with van der Waals surface area (Å²) in [6.45, 7) is 2.71. The summed E-state index contributed by atoms with van der Waals surface area (Å²) in [5.74, 6) is -1.51. The fourth-order valence-corrected chi connectivity index (χ4v) is 3.71. The van der Waals surface area contributed by atoms with Gasteiger partial charge in [0.2, 0.25) is 0 Å². The van der Waals surface area contributed by atoms with Gasteiger partial charge in [0.05, 0.1) is 21.1 Å². The van der Waals surface area contributed by atoms with E-state index in [1.807, 2.05) is 21.1 Å². The second kappa shape index (κ2) is 21.6. The number of unbranched alkanes of at least 4 members (excludes halogenated alkanes) is 9. The van der Waals surface area contributed by atoms with Crippen molar-refractivity contribution in [3.8, 4) is 0 Å². The second-order valence-corrected chi connectivity index (χ2v) is 10.2. The standard InChI is InChI=1S/C29H51NO4/c1-5-6-7-8-9-10-11-12-13-14-15-16-17-18-19-20-21-22-23-24-29(33)34-27(25-28(31)32)26-30(2,3)4/h12-13,15-16,18-19,27H,5-11,14,17,20-26H2,1-4H3/b13-12+,16-15+,19-18+. The summed E-state index contributed by atoms with van der Waals surface area (Å²) in [7, 11) is 5.82. The molecule has 34 heavy (non-hydrogen) atoms. The Morgan fingerprint density at radius 3 is 1.79 bits per heavy atom. The van der Waals surface area contributed by atoms with E-state index < -0.39 is 12.1 Å². The summed E-state index contributed by atoms with van der Waals surface area (Å²) in [5, 5.41) is 10.9. The molecule has 0 saturated carbocycles. The van der Waals surface area contributed by atoms with Gasteiger partial charge in [-0.2, -0.15) is 0 Å². The molecular weight excluding hydrogens is 426 g/mol. The fourth-order valence-electron chi connectivity index (χ4n) is 3.71. The summed E-state index contributed by atoms with van der Waals surface area (Å²) in [5.41, 5.74) is 0. The van der Waals surface area contributed by atoms with Crippen molar-refractivity contribution in [2.45, 2.75) is 109 Å². The minimum atomic E-state index is -1.19. The number of rotatable bonds is 22. The van der Waals surface area contributed by atoms with Crippen LogP contribution in [0.1, 0.15) is 103 Å². The quantitative estimate of drug-likeness (QED) is 0.0843. The molecule has 1 unspecified atom stereocenters. The van der Waals surface area contributed by atoms with Crippen molar-refractivity contribution in [2.24, 2.45) is 0 Å². The molecule has 0 aromatic carbocycles. The first-order chi connectivity index (χ1) is 16.2. The molecule has 0 saturated heterocycles. The van der Waals surface area contributed by atoms with E-state index in [9.17, 15) is 14.7 Å². The highest BCUT2D eigenvalue weighted by Crippen LogP contribution is 2.10. The summed E-state index contributed by atoms with van der Waals surface area (Å²) in [6.07, 6.45) is 27.9. The van der Waals surface area contributed by atoms with E-state index in [4.69, 9.17) is 4.74 Å². The van der Waals surface area contributed by atoms with E-state index in [-0.39, 0.29) is 12.4 Å². The number of allylic oxidation sites excluding steroid dienone is 6. The van der Waals surface area contributed by atoms with Crippen molar-refractivity contribution in [2.75, 3.05) is 27.7 Å². The minimum absolute atomic E-state index is 0.254. The fraction of sp³-hybridized carbons (Fsp3) is 0.724. The Hall–Kier alpha value is -1.88. The average molecular weight is 478 g/mol. The van der Waals surface area contributed by atoms with Crippen LogP contribution >= 0.6 is 0 Å². The van der Waals surface area contributed by atoms with Gasteiger partial charge in [-0.25, -0.2) is 0 Å². The number of nitrogens with zero attached hydrogens (tertiary/aromatic N) is 1. The number of esters is 1. The van der Waals surface area contributed by atoms with Gasteiger partial charge in [-0.3, -0.25) is 4.79 Å². The second-order valence-electron chi connectivity index (χ2n) is 10.2. The number of carbonyl (C=O) groups excluding carboxylic acids is 2. The highest BCUT2D eigenvalue weighted by Gasteiger charge is 2.22. The zero-order valence-electron chi connectivity index (χ0n) is 22.4. The van der Waals surface area contributed by atoms with Crippen molar-refractivity contribution >= 4 is 11.9 Å². The summed E-state index contributed by atoms with van der Waals surface area (Å²) < 4.78 is 5.90. The van der Waals surface area contributed by atoms with E-state index >= 15 is 0 Å². The predicted molar refractivity (Wildman–Crippen MR) is 140 cm³/mol. The van der Waals surface area contributed by atoms with Crippen molar-refractivity contribution in [3.63, 3.8) is 0 Å². The first-order valence-corrected chi connectivity index (χ1v) is 13.4. The monoisotopic (exact) mass is 477 g/mol. The topological polar surface area (TPSA) is 66.4 Å². The Balaban J connectivity index is 3.71. The zero-order chi connectivity index (χ0) is 25.5. The SMILES string of the molecule is CCCCCCCC/C=C/C/C=C/C/C=C/CCCCCC(=O)OC(CC(=O)[O-])C[N+](C)(C)C. The molecule has 0 bridgehead atoms. The third-order valence-electron chi connectivity index (χ3n) is 5.46. The molecule has 0 N–H and O–H groups in total. The molecular formula is C29H51NO4. The summed E-state index contributed by atoms with van der Waals surface area (Å²) in [4.78, 5) is 22.9. The Labute approximate surface area is 209 Å². The number of ether oxygens (including phenoxy) is 1. The number of likely N-dealkylation sites (N-methyl/N-ethyl adjacent to an activating group) is 1. The number of carbonyl (C=O) groups is 2. The highest BCUT2D eigenvalue weighted by atomic mass is 16.5. The average Bonchev–Trinajstić information content (AvgIpc) is 2.73. The largest absolute Gasteiger partial charge is 0.550 e. The van der Waals surface area contributed by atoms with E-state index in [0.717, 1.165) is 38.5 Å². The van der Waals surface area contributed by atoms with Gasteiger partial charge < -0.3 is 19.1 Å². The smallest absolute Gasteiger partial charge is 0.306 e. The van der Waals surface area contributed by atoms with Crippen molar-refractivity contribution in [1.29, 1.82) is 0 Å². The molecule has 0 rings (SSSR count). The molecule has 5 heteroatoms. The maximum atomic E-state index is 12.0. The van der Waals surface area contributed by atoms with Crippen LogP contribution in [0.15, 0.2) is 36.5 Å². The van der Waals surface area contributed by atoms with Gasteiger partial charge in [-0.1, -0.05) is 81.9 Å². The molecule has 0 heterocycles. The van der Waals surface area contributed by atoms with Gasteiger partial charge in [0.1, 0.15) is 6.54 Å². The number of carboxylic acids is 1. The third-order valence-corrected chi connectivity index (χ3v) is 5.46. The van der Waals surface area contributed by atoms with E-state index in [0.29, 0.717) is 17.4 Å². The number of hydrogen-bond donors (Lipinski definition) is 0. The number of aliphatic carboxylic acids is 1. The molecule has 0 radical (unpaired) electrons. The minimum Gasteiger partial charge on any atom is -0.550 e. The molecule has 0 aliphatic rings. The van der Waals surface area contributed by atoms with Crippen molar-refractivity contribution < 1.29 is 23.9 Å². The molecule has 196 valence electrons. The van der Waals surface area contributed by atoms with Gasteiger partial charge in [-0.15, -0.1) is 0 Å². The van der Waals surface area contributed by atoms with Crippen LogP contribution in [-0.2, 0) is 14.3 Å². The highest BCUT2D eigenvalue weighted by molar-refractivity contribution is 5.70. The molecule has 0 aliphatic carbocycles. The molecule has 0 aromatic rings. The molecule has 0 spiro atoms. The first kappa shape index (κ1) is 32.1. The lowest BCUT2D eigenvalue weighted by Crippen LogP contribution is -2.45. The van der Waals surface area contributed by atoms with Crippen LogP contribution in [0.4, 0.5) is 0 Å². The normalized spacial score (nSPS) is 13.3. The zero-order valence-corrected chi connectivity index (χ0v) is 22.4. The number of hydrogen-bond acceptors (Lipinski definition) is 4. The van der Waals surface area contributed by atoms with Crippen LogP contribution in [-0.4, -0.2) is 50.2 Å². The lowest BCUT2D eigenvalue weighted by Gasteiger charge is -2.29. The lowest BCUT2D eigenvalue weighted by molar-refractivity contribution is -0.873. The van der Waals surface area contributed by atoms with Gasteiger partial charge in [0.25, 0.3) is 0 Å². The number of carboxylic acid groups (broad SMARTS) is 1. The van der Waals surface area contributed by atoms with E-state index in [2.05, 4.69) is 43.4 Å². The van der Waals surface area contributed by atoms with Crippen LogP contribution in [0, 0.1) is 0 Å². The van der Waals surface area contributed by atoms with Crippen LogP contribution in [0.2, 0.25) is 0 Å². The summed E-state index contributed by atoms with van der Waals surface area (Å²) >= 11 is 0. The molecule has 0 aromatic heterocycles. The van der Waals surface area contributed by atoms with Gasteiger partial charge >= 0.3 is 5.97 Å². The van der Waals surface area contributed by atoms with Crippen molar-refractivity contribution in [1.82, 2.24) is 0 Å². The van der Waals surface area contributed by atoms with Gasteiger partial charge in [-0.05, 0) is 44.9 Å². The van der Waals surface area contributed by atoms with E-state index in [1.54, 1.807) is 0 Å². The maximum Gasteiger partial charge on any atom is 0.306 e. The Kier molecular flexibility index (Phi) is 20.4. The Morgan fingerprint density at radius 2 is 1.26 bits per heavy atom. The van der Waals surface area contributed by atoms with E-state index in [1.165, 1.54) is 44.9 Å². The van der Waals surface area contributed by atoms with Crippen LogP contribution < -0.4 is 5.11 Å². The van der Waals surface area contributed by atoms with Gasteiger partial charge in [0, 0.05) is 18.8 Å². The number of quaternary nitrogens is 1. The third kappa shape index (κ3) is 24.8. The maximum absolute atomic E-state index is 12.0. The van der Waals surface area contributed by atoms with Gasteiger partial charge in [0.15, 0.2) is 6.10 Å². The lowest BCUT2D eigenvalue weighted by atomic mass is 10.1. The van der Waals surface area contributed by atoms with Crippen LogP contribution in [0.5, 0.6) is 0 Å². The van der Waals surface area contributed by atoms with Crippen LogP contribution in [0.3, 0.4) is 0 Å². The molecule has 0 aliphatic heterocycles. The molecule has 0 amide bonds. The summed E-state index contributed by atoms with van der Waals surface area (Å²) in [6, 6.07) is 0. The molecule has 1 atom stereocenters. The molecule has 0 fully saturated rings. The Bertz CT molecular complexity index is 602.